The molecule has 2 aromatic rings. The molecule has 0 unspecified atom stereocenters. The van der Waals surface area contributed by atoms with Gasteiger partial charge in [0.1, 0.15) is 16.6 Å². The molecule has 20 heavy (non-hydrogen) atoms. The van der Waals surface area contributed by atoms with Gasteiger partial charge in [-0.1, -0.05) is 13.8 Å². The highest BCUT2D eigenvalue weighted by atomic mass is 32.1. The van der Waals surface area contributed by atoms with Crippen LogP contribution in [0, 0.1) is 5.82 Å². The molecule has 5 heteroatoms. The maximum Gasteiger partial charge on any atom is 0.137 e. The van der Waals surface area contributed by atoms with Crippen molar-refractivity contribution in [3.8, 4) is 16.3 Å². The fraction of sp³-hybridized carbons (Fsp3) is 0.400. The molecule has 0 aliphatic heterocycles. The quantitative estimate of drug-likeness (QED) is 0.798. The van der Waals surface area contributed by atoms with Crippen molar-refractivity contribution in [2.24, 2.45) is 0 Å². The fourth-order valence-electron chi connectivity index (χ4n) is 1.97. The van der Waals surface area contributed by atoms with Gasteiger partial charge < -0.3 is 10.4 Å². The second-order valence-corrected chi connectivity index (χ2v) is 5.67. The molecule has 2 N–H and O–H groups in total. The van der Waals surface area contributed by atoms with E-state index in [0.717, 1.165) is 42.6 Å². The van der Waals surface area contributed by atoms with Crippen molar-refractivity contribution >= 4 is 11.3 Å². The SMILES string of the molecule is CCCNCc1sc(-c2ccc(O)cc2F)nc1CC. The first-order chi connectivity index (χ1) is 9.65. The number of hydrogen-bond donors (Lipinski definition) is 2. The van der Waals surface area contributed by atoms with Gasteiger partial charge in [0.05, 0.1) is 5.69 Å². The van der Waals surface area contributed by atoms with Gasteiger partial charge in [-0.05, 0) is 31.5 Å². The largest absolute Gasteiger partial charge is 0.508 e. The van der Waals surface area contributed by atoms with Crippen molar-refractivity contribution in [2.45, 2.75) is 33.2 Å². The molecule has 2 rings (SSSR count). The predicted octanol–water partition coefficient (Wildman–Crippen LogP) is 3.72. The summed E-state index contributed by atoms with van der Waals surface area (Å²) in [5.41, 5.74) is 1.46. The zero-order valence-corrected chi connectivity index (χ0v) is 12.6. The summed E-state index contributed by atoms with van der Waals surface area (Å²) < 4.78 is 13.9. The third kappa shape index (κ3) is 3.35. The second-order valence-electron chi connectivity index (χ2n) is 4.58. The molecule has 0 saturated heterocycles. The molecule has 0 bridgehead atoms. The average molecular weight is 294 g/mol. The Morgan fingerprint density at radius 2 is 2.15 bits per heavy atom. The predicted molar refractivity (Wildman–Crippen MR) is 80.5 cm³/mol. The minimum atomic E-state index is -0.436. The van der Waals surface area contributed by atoms with Crippen molar-refractivity contribution < 1.29 is 9.50 Å². The second kappa shape index (κ2) is 6.81. The molecule has 0 atom stereocenters. The molecule has 3 nitrogen and oxygen atoms in total. The molecule has 108 valence electrons. The lowest BCUT2D eigenvalue weighted by molar-refractivity contribution is 0.469. The van der Waals surface area contributed by atoms with E-state index in [4.69, 9.17) is 0 Å². The summed E-state index contributed by atoms with van der Waals surface area (Å²) in [6.07, 6.45) is 1.92. The topological polar surface area (TPSA) is 45.1 Å². The Morgan fingerprint density at radius 3 is 2.80 bits per heavy atom. The van der Waals surface area contributed by atoms with E-state index >= 15 is 0 Å². The summed E-state index contributed by atoms with van der Waals surface area (Å²) in [7, 11) is 0. The third-order valence-corrected chi connectivity index (χ3v) is 4.14. The number of rotatable bonds is 6. The molecule has 1 heterocycles. The molecule has 0 amide bonds. The van der Waals surface area contributed by atoms with Gasteiger partial charge in [0.2, 0.25) is 0 Å². The minimum absolute atomic E-state index is 0.0663. The van der Waals surface area contributed by atoms with Crippen molar-refractivity contribution in [1.82, 2.24) is 10.3 Å². The molecule has 1 aromatic heterocycles. The van der Waals surface area contributed by atoms with Crippen molar-refractivity contribution in [1.29, 1.82) is 0 Å². The molecule has 1 aromatic carbocycles. The van der Waals surface area contributed by atoms with E-state index in [0.29, 0.717) is 10.6 Å². The molecular formula is C15H19FN2OS. The van der Waals surface area contributed by atoms with Crippen LogP contribution in [0.1, 0.15) is 30.8 Å². The standard InChI is InChI=1S/C15H19FN2OS/c1-3-7-17-9-14-13(4-2)18-15(20-14)11-6-5-10(19)8-12(11)16/h5-6,8,17,19H,3-4,7,9H2,1-2H3. The summed E-state index contributed by atoms with van der Waals surface area (Å²) in [5, 5.41) is 13.3. The van der Waals surface area contributed by atoms with E-state index in [-0.39, 0.29) is 5.75 Å². The highest BCUT2D eigenvalue weighted by Crippen LogP contribution is 2.31. The number of phenols is 1. The molecule has 0 aliphatic carbocycles. The summed E-state index contributed by atoms with van der Waals surface area (Å²) in [6.45, 7) is 5.91. The molecule has 0 fully saturated rings. The van der Waals surface area contributed by atoms with Gasteiger partial charge in [-0.25, -0.2) is 9.37 Å². The van der Waals surface area contributed by atoms with Gasteiger partial charge >= 0.3 is 0 Å². The van der Waals surface area contributed by atoms with Gasteiger partial charge in [0, 0.05) is 23.1 Å². The van der Waals surface area contributed by atoms with Crippen LogP contribution in [0.15, 0.2) is 18.2 Å². The maximum atomic E-state index is 13.9. The molecule has 0 saturated carbocycles. The molecule has 0 spiro atoms. The summed E-state index contributed by atoms with van der Waals surface area (Å²) in [4.78, 5) is 5.68. The average Bonchev–Trinajstić information content (AvgIpc) is 2.82. The summed E-state index contributed by atoms with van der Waals surface area (Å²) in [5.74, 6) is -0.502. The van der Waals surface area contributed by atoms with Crippen LogP contribution in [0.4, 0.5) is 4.39 Å². The number of nitrogens with one attached hydrogen (secondary N) is 1. The van der Waals surface area contributed by atoms with E-state index in [1.165, 1.54) is 17.4 Å². The lowest BCUT2D eigenvalue weighted by atomic mass is 10.2. The summed E-state index contributed by atoms with van der Waals surface area (Å²) >= 11 is 1.51. The van der Waals surface area contributed by atoms with Gasteiger partial charge in [0.25, 0.3) is 0 Å². The Morgan fingerprint density at radius 1 is 1.35 bits per heavy atom. The Labute approximate surface area is 122 Å². The zero-order chi connectivity index (χ0) is 14.5. The molecule has 0 radical (unpaired) electrons. The number of hydrogen-bond acceptors (Lipinski definition) is 4. The number of thiazole rings is 1. The lowest BCUT2D eigenvalue weighted by Crippen LogP contribution is -2.13. The molecular weight excluding hydrogens is 275 g/mol. The van der Waals surface area contributed by atoms with Gasteiger partial charge in [0.15, 0.2) is 0 Å². The Kier molecular flexibility index (Phi) is 5.09. The van der Waals surface area contributed by atoms with Crippen LogP contribution < -0.4 is 5.32 Å². The number of halogens is 1. The lowest BCUT2D eigenvalue weighted by Gasteiger charge is -2.01. The Bertz CT molecular complexity index is 583. The van der Waals surface area contributed by atoms with Crippen molar-refractivity contribution in [3.63, 3.8) is 0 Å². The number of benzene rings is 1. The zero-order valence-electron chi connectivity index (χ0n) is 11.7. The number of phenolic OH excluding ortho intramolecular Hbond substituents is 1. The first-order valence-corrected chi connectivity index (χ1v) is 7.65. The number of nitrogens with zero attached hydrogens (tertiary/aromatic N) is 1. The monoisotopic (exact) mass is 294 g/mol. The highest BCUT2D eigenvalue weighted by molar-refractivity contribution is 7.15. The Balaban J connectivity index is 2.28. The van der Waals surface area contributed by atoms with Crippen LogP contribution in [0.25, 0.3) is 10.6 Å². The van der Waals surface area contributed by atoms with Crippen LogP contribution in [-0.2, 0) is 13.0 Å². The van der Waals surface area contributed by atoms with E-state index < -0.39 is 5.82 Å². The van der Waals surface area contributed by atoms with Crippen LogP contribution in [0.2, 0.25) is 0 Å². The van der Waals surface area contributed by atoms with Gasteiger partial charge in [-0.3, -0.25) is 0 Å². The minimum Gasteiger partial charge on any atom is -0.508 e. The van der Waals surface area contributed by atoms with E-state index in [2.05, 4.69) is 24.1 Å². The van der Waals surface area contributed by atoms with Gasteiger partial charge in [-0.15, -0.1) is 11.3 Å². The number of aromatic hydroxyl groups is 1. The highest BCUT2D eigenvalue weighted by Gasteiger charge is 2.14. The van der Waals surface area contributed by atoms with E-state index in [1.54, 1.807) is 6.07 Å². The Hall–Kier alpha value is -1.46. The van der Waals surface area contributed by atoms with Crippen LogP contribution in [-0.4, -0.2) is 16.6 Å². The normalized spacial score (nSPS) is 10.9. The smallest absolute Gasteiger partial charge is 0.137 e. The first kappa shape index (κ1) is 14.9. The number of aromatic nitrogens is 1. The van der Waals surface area contributed by atoms with Crippen LogP contribution >= 0.6 is 11.3 Å². The van der Waals surface area contributed by atoms with Crippen molar-refractivity contribution in [3.05, 3.63) is 34.6 Å². The first-order valence-electron chi connectivity index (χ1n) is 6.83. The van der Waals surface area contributed by atoms with Crippen LogP contribution in [0.3, 0.4) is 0 Å². The molecule has 0 aliphatic rings. The number of aryl methyl sites for hydroxylation is 1. The third-order valence-electron chi connectivity index (χ3n) is 3.01. The fourth-order valence-corrected chi connectivity index (χ4v) is 3.12. The van der Waals surface area contributed by atoms with Crippen molar-refractivity contribution in [2.75, 3.05) is 6.54 Å². The van der Waals surface area contributed by atoms with Gasteiger partial charge in [-0.2, -0.15) is 0 Å². The van der Waals surface area contributed by atoms with E-state index in [1.807, 2.05) is 0 Å². The maximum absolute atomic E-state index is 13.9. The van der Waals surface area contributed by atoms with E-state index in [9.17, 15) is 9.50 Å². The van der Waals surface area contributed by atoms with Crippen LogP contribution in [0.5, 0.6) is 5.75 Å². The summed E-state index contributed by atoms with van der Waals surface area (Å²) in [6, 6.07) is 4.18.